The second-order valence-corrected chi connectivity index (χ2v) is 6.30. The van der Waals surface area contributed by atoms with Gasteiger partial charge in [0, 0.05) is 25.2 Å². The third-order valence-corrected chi connectivity index (χ3v) is 4.45. The van der Waals surface area contributed by atoms with Crippen LogP contribution in [0.2, 0.25) is 5.02 Å². The van der Waals surface area contributed by atoms with E-state index in [4.69, 9.17) is 11.6 Å². The van der Waals surface area contributed by atoms with Gasteiger partial charge in [-0.15, -0.1) is 0 Å². The molecule has 0 spiro atoms. The Labute approximate surface area is 148 Å². The maximum absolute atomic E-state index is 14.1. The second-order valence-electron chi connectivity index (χ2n) is 5.86. The number of nitrogens with zero attached hydrogens (tertiary/aromatic N) is 4. The van der Waals surface area contributed by atoms with E-state index < -0.39 is 11.7 Å². The fraction of sp³-hybridized carbons (Fsp3) is 0.167. The van der Waals surface area contributed by atoms with Crippen molar-refractivity contribution >= 4 is 40.2 Å². The Bertz CT molecular complexity index is 994. The number of aromatic nitrogens is 2. The van der Waals surface area contributed by atoms with Crippen LogP contribution in [0.1, 0.15) is 10.4 Å². The van der Waals surface area contributed by atoms with E-state index >= 15 is 0 Å². The first kappa shape index (κ1) is 15.8. The van der Waals surface area contributed by atoms with Crippen molar-refractivity contribution in [3.63, 3.8) is 0 Å². The lowest BCUT2D eigenvalue weighted by molar-refractivity contribution is 0.0982. The number of benzene rings is 2. The van der Waals surface area contributed by atoms with Crippen LogP contribution in [-0.2, 0) is 0 Å². The van der Waals surface area contributed by atoms with Gasteiger partial charge in [-0.05, 0) is 30.3 Å². The van der Waals surface area contributed by atoms with Crippen molar-refractivity contribution in [2.24, 2.45) is 0 Å². The maximum atomic E-state index is 14.1. The first-order valence-corrected chi connectivity index (χ1v) is 8.17. The van der Waals surface area contributed by atoms with E-state index in [1.165, 1.54) is 23.1 Å². The normalized spacial score (nSPS) is 13.9. The minimum atomic E-state index is -0.608. The number of carbonyl (C=O) groups excluding carboxylic acids is 1. The lowest BCUT2D eigenvalue weighted by Crippen LogP contribution is -2.44. The Hall–Kier alpha value is -2.73. The summed E-state index contributed by atoms with van der Waals surface area (Å²) in [6.45, 7) is 0.968. The molecular formula is C18H14ClFN4O. The largest absolute Gasteiger partial charge is 0.355 e. The molecule has 1 aliphatic heterocycles. The summed E-state index contributed by atoms with van der Waals surface area (Å²) >= 11 is 5.93. The number of halogens is 2. The SMILES string of the molecule is CN1CCN(C(=O)c2cc(Cl)ccc2F)c2nc3ccccc3nc21. The molecule has 3 aromatic rings. The van der Waals surface area contributed by atoms with E-state index in [1.54, 1.807) is 0 Å². The van der Waals surface area contributed by atoms with Gasteiger partial charge in [0.1, 0.15) is 5.82 Å². The van der Waals surface area contributed by atoms with Crippen molar-refractivity contribution < 1.29 is 9.18 Å². The van der Waals surface area contributed by atoms with E-state index in [2.05, 4.69) is 9.97 Å². The number of fused-ring (bicyclic) bond motifs is 2. The predicted molar refractivity (Wildman–Crippen MR) is 95.9 cm³/mol. The fourth-order valence-electron chi connectivity index (χ4n) is 2.88. The Kier molecular flexibility index (Phi) is 3.77. The van der Waals surface area contributed by atoms with Gasteiger partial charge < -0.3 is 4.90 Å². The summed E-state index contributed by atoms with van der Waals surface area (Å²) in [5, 5.41) is 0.309. The van der Waals surface area contributed by atoms with Crippen LogP contribution in [0.15, 0.2) is 42.5 Å². The number of rotatable bonds is 1. The van der Waals surface area contributed by atoms with Crippen molar-refractivity contribution in [2.45, 2.75) is 0 Å². The van der Waals surface area contributed by atoms with Crippen molar-refractivity contribution in [1.82, 2.24) is 9.97 Å². The predicted octanol–water partition coefficient (Wildman–Crippen LogP) is 3.52. The van der Waals surface area contributed by atoms with Crippen molar-refractivity contribution in [1.29, 1.82) is 0 Å². The highest BCUT2D eigenvalue weighted by molar-refractivity contribution is 6.31. The average Bonchev–Trinajstić information content (AvgIpc) is 2.62. The van der Waals surface area contributed by atoms with Crippen LogP contribution in [0.5, 0.6) is 0 Å². The molecule has 25 heavy (non-hydrogen) atoms. The molecule has 1 amide bonds. The second kappa shape index (κ2) is 5.97. The Balaban J connectivity index is 1.85. The molecule has 2 heterocycles. The Morgan fingerprint density at radius 2 is 1.76 bits per heavy atom. The van der Waals surface area contributed by atoms with E-state index in [-0.39, 0.29) is 5.56 Å². The number of likely N-dealkylation sites (N-methyl/N-ethyl adjacent to an activating group) is 1. The summed E-state index contributed by atoms with van der Waals surface area (Å²) in [7, 11) is 1.89. The quantitative estimate of drug-likeness (QED) is 0.669. The zero-order valence-electron chi connectivity index (χ0n) is 13.4. The number of para-hydroxylation sites is 2. The van der Waals surface area contributed by atoms with Crippen molar-refractivity contribution in [3.8, 4) is 0 Å². The van der Waals surface area contributed by atoms with E-state index in [1.807, 2.05) is 36.2 Å². The van der Waals surface area contributed by atoms with Crippen LogP contribution < -0.4 is 9.80 Å². The van der Waals surface area contributed by atoms with Crippen LogP contribution >= 0.6 is 11.6 Å². The van der Waals surface area contributed by atoms with E-state index in [0.29, 0.717) is 35.3 Å². The molecule has 126 valence electrons. The zero-order chi connectivity index (χ0) is 17.6. The molecule has 1 aromatic heterocycles. The number of carbonyl (C=O) groups is 1. The molecule has 0 N–H and O–H groups in total. The molecule has 0 saturated carbocycles. The summed E-state index contributed by atoms with van der Waals surface area (Å²) in [5.41, 5.74) is 1.36. The van der Waals surface area contributed by atoms with E-state index in [9.17, 15) is 9.18 Å². The van der Waals surface area contributed by atoms with Gasteiger partial charge in [-0.2, -0.15) is 0 Å². The average molecular weight is 357 g/mol. The van der Waals surface area contributed by atoms with Gasteiger partial charge in [0.2, 0.25) is 0 Å². The van der Waals surface area contributed by atoms with Gasteiger partial charge in [0.25, 0.3) is 5.91 Å². The summed E-state index contributed by atoms with van der Waals surface area (Å²) in [5.74, 6) is -0.0554. The number of hydrogen-bond acceptors (Lipinski definition) is 4. The minimum absolute atomic E-state index is 0.0713. The van der Waals surface area contributed by atoms with Crippen LogP contribution in [0.25, 0.3) is 11.0 Å². The minimum Gasteiger partial charge on any atom is -0.355 e. The van der Waals surface area contributed by atoms with Crippen LogP contribution in [0, 0.1) is 5.82 Å². The number of anilines is 2. The molecule has 7 heteroatoms. The van der Waals surface area contributed by atoms with Gasteiger partial charge >= 0.3 is 0 Å². The van der Waals surface area contributed by atoms with Crippen LogP contribution in [-0.4, -0.2) is 36.0 Å². The van der Waals surface area contributed by atoms with Gasteiger partial charge in [-0.25, -0.2) is 14.4 Å². The standard InChI is InChI=1S/C18H14ClFN4O/c1-23-8-9-24(18(25)12-10-11(19)6-7-13(12)20)17-16(23)21-14-4-2-3-5-15(14)22-17/h2-7,10H,8-9H2,1H3. The van der Waals surface area contributed by atoms with E-state index in [0.717, 1.165) is 5.52 Å². The van der Waals surface area contributed by atoms with Gasteiger partial charge in [-0.3, -0.25) is 9.69 Å². The Morgan fingerprint density at radius 1 is 1.08 bits per heavy atom. The topological polar surface area (TPSA) is 49.3 Å². The molecule has 0 radical (unpaired) electrons. The first-order valence-electron chi connectivity index (χ1n) is 7.79. The Morgan fingerprint density at radius 3 is 2.48 bits per heavy atom. The molecule has 0 bridgehead atoms. The third-order valence-electron chi connectivity index (χ3n) is 4.21. The van der Waals surface area contributed by atoms with Crippen LogP contribution in [0.4, 0.5) is 16.0 Å². The molecule has 5 nitrogen and oxygen atoms in total. The molecule has 0 fully saturated rings. The lowest BCUT2D eigenvalue weighted by atomic mass is 10.1. The number of hydrogen-bond donors (Lipinski definition) is 0. The lowest BCUT2D eigenvalue weighted by Gasteiger charge is -2.33. The molecule has 0 atom stereocenters. The summed E-state index contributed by atoms with van der Waals surface area (Å²) in [4.78, 5) is 25.5. The summed E-state index contributed by atoms with van der Waals surface area (Å²) in [6.07, 6.45) is 0. The number of amides is 1. The third kappa shape index (κ3) is 2.68. The first-order chi connectivity index (χ1) is 12.0. The van der Waals surface area contributed by atoms with Crippen LogP contribution in [0.3, 0.4) is 0 Å². The molecule has 0 aliphatic carbocycles. The van der Waals surface area contributed by atoms with Gasteiger partial charge in [-0.1, -0.05) is 23.7 Å². The monoisotopic (exact) mass is 356 g/mol. The van der Waals surface area contributed by atoms with Crippen molar-refractivity contribution in [3.05, 3.63) is 58.9 Å². The highest BCUT2D eigenvalue weighted by Gasteiger charge is 2.30. The maximum Gasteiger partial charge on any atom is 0.262 e. The summed E-state index contributed by atoms with van der Waals surface area (Å²) < 4.78 is 14.1. The van der Waals surface area contributed by atoms with Crippen molar-refractivity contribution in [2.75, 3.05) is 29.9 Å². The zero-order valence-corrected chi connectivity index (χ0v) is 14.2. The molecular weight excluding hydrogens is 343 g/mol. The molecule has 0 unspecified atom stereocenters. The highest BCUT2D eigenvalue weighted by atomic mass is 35.5. The smallest absolute Gasteiger partial charge is 0.262 e. The highest BCUT2D eigenvalue weighted by Crippen LogP contribution is 2.32. The molecule has 2 aromatic carbocycles. The molecule has 4 rings (SSSR count). The molecule has 0 saturated heterocycles. The summed E-state index contributed by atoms with van der Waals surface area (Å²) in [6, 6.07) is 11.4. The molecule has 1 aliphatic rings. The van der Waals surface area contributed by atoms with Gasteiger partial charge in [0.15, 0.2) is 11.6 Å². The fourth-order valence-corrected chi connectivity index (χ4v) is 3.06. The van der Waals surface area contributed by atoms with Gasteiger partial charge in [0.05, 0.1) is 16.6 Å².